The molecule has 1 aromatic carbocycles. The van der Waals surface area contributed by atoms with Crippen LogP contribution in [0.15, 0.2) is 16.6 Å². The summed E-state index contributed by atoms with van der Waals surface area (Å²) in [6.45, 7) is 1.82. The van der Waals surface area contributed by atoms with Crippen molar-refractivity contribution in [3.05, 3.63) is 27.7 Å². The Morgan fingerprint density at radius 1 is 1.54 bits per heavy atom. The molecule has 0 saturated heterocycles. The summed E-state index contributed by atoms with van der Waals surface area (Å²) in [5.74, 6) is 0.612. The van der Waals surface area contributed by atoms with E-state index < -0.39 is 5.24 Å². The molecule has 0 aromatic heterocycles. The van der Waals surface area contributed by atoms with Crippen molar-refractivity contribution in [3.63, 3.8) is 0 Å². The first kappa shape index (κ1) is 10.5. The summed E-state index contributed by atoms with van der Waals surface area (Å²) < 4.78 is 5.82. The van der Waals surface area contributed by atoms with Gasteiger partial charge in [0.15, 0.2) is 0 Å². The van der Waals surface area contributed by atoms with Crippen molar-refractivity contribution in [1.29, 1.82) is 0 Å². The van der Waals surface area contributed by atoms with E-state index in [9.17, 15) is 4.79 Å². The van der Waals surface area contributed by atoms with Gasteiger partial charge in [-0.3, -0.25) is 4.79 Å². The molecule has 0 heterocycles. The van der Waals surface area contributed by atoms with Crippen molar-refractivity contribution in [2.75, 3.05) is 7.11 Å². The molecule has 0 spiro atoms. The van der Waals surface area contributed by atoms with Crippen molar-refractivity contribution in [2.45, 2.75) is 6.92 Å². The summed E-state index contributed by atoms with van der Waals surface area (Å²) in [6.07, 6.45) is 0. The zero-order valence-corrected chi connectivity index (χ0v) is 9.57. The topological polar surface area (TPSA) is 26.3 Å². The van der Waals surface area contributed by atoms with Crippen molar-refractivity contribution in [3.8, 4) is 5.75 Å². The van der Waals surface area contributed by atoms with Crippen LogP contribution >= 0.6 is 27.5 Å². The third-order valence-electron chi connectivity index (χ3n) is 1.77. The third-order valence-corrected chi connectivity index (χ3v) is 2.79. The van der Waals surface area contributed by atoms with Crippen LogP contribution in [0.4, 0.5) is 0 Å². The molecule has 1 rings (SSSR count). The molecule has 13 heavy (non-hydrogen) atoms. The van der Waals surface area contributed by atoms with Gasteiger partial charge in [-0.05, 0) is 36.2 Å². The minimum Gasteiger partial charge on any atom is -0.497 e. The average molecular weight is 264 g/mol. The van der Waals surface area contributed by atoms with Crippen LogP contribution < -0.4 is 4.74 Å². The highest BCUT2D eigenvalue weighted by Gasteiger charge is 2.10. The van der Waals surface area contributed by atoms with Gasteiger partial charge < -0.3 is 4.74 Å². The fraction of sp³-hybridized carbons (Fsp3) is 0.222. The zero-order valence-electron chi connectivity index (χ0n) is 7.23. The van der Waals surface area contributed by atoms with E-state index in [2.05, 4.69) is 15.9 Å². The van der Waals surface area contributed by atoms with E-state index in [1.807, 2.05) is 6.92 Å². The van der Waals surface area contributed by atoms with E-state index in [0.29, 0.717) is 11.3 Å². The fourth-order valence-electron chi connectivity index (χ4n) is 0.976. The Hall–Kier alpha value is -0.540. The van der Waals surface area contributed by atoms with Crippen LogP contribution in [0.3, 0.4) is 0 Å². The standard InChI is InChI=1S/C9H8BrClO2/c1-5-7(9(11)12)3-6(13-2)4-8(5)10/h3-4H,1-2H3. The lowest BCUT2D eigenvalue weighted by Crippen LogP contribution is -1.96. The molecule has 0 saturated carbocycles. The van der Waals surface area contributed by atoms with E-state index in [1.54, 1.807) is 19.2 Å². The monoisotopic (exact) mass is 262 g/mol. The molecule has 0 radical (unpaired) electrons. The molecule has 4 heteroatoms. The molecule has 0 unspecified atom stereocenters. The van der Waals surface area contributed by atoms with Crippen LogP contribution in [0.25, 0.3) is 0 Å². The Bertz CT molecular complexity index is 350. The van der Waals surface area contributed by atoms with Crippen LogP contribution in [0, 0.1) is 6.92 Å². The highest BCUT2D eigenvalue weighted by atomic mass is 79.9. The predicted octanol–water partition coefficient (Wildman–Crippen LogP) is 3.15. The van der Waals surface area contributed by atoms with Gasteiger partial charge in [-0.15, -0.1) is 0 Å². The van der Waals surface area contributed by atoms with Gasteiger partial charge in [0.05, 0.1) is 7.11 Å². The Kier molecular flexibility index (Phi) is 3.33. The SMILES string of the molecule is COc1cc(Br)c(C)c(C(=O)Cl)c1. The molecule has 70 valence electrons. The third kappa shape index (κ3) is 2.23. The summed E-state index contributed by atoms with van der Waals surface area (Å²) in [4.78, 5) is 11.0. The van der Waals surface area contributed by atoms with Gasteiger partial charge in [-0.1, -0.05) is 15.9 Å². The summed E-state index contributed by atoms with van der Waals surface area (Å²) in [5.41, 5.74) is 1.29. The maximum atomic E-state index is 11.0. The highest BCUT2D eigenvalue weighted by molar-refractivity contribution is 9.10. The van der Waals surface area contributed by atoms with Crippen molar-refractivity contribution in [1.82, 2.24) is 0 Å². The first-order valence-corrected chi connectivity index (χ1v) is 4.77. The molecular weight excluding hydrogens is 255 g/mol. The quantitative estimate of drug-likeness (QED) is 0.766. The van der Waals surface area contributed by atoms with Crippen molar-refractivity contribution >= 4 is 32.8 Å². The van der Waals surface area contributed by atoms with Gasteiger partial charge in [-0.25, -0.2) is 0 Å². The van der Waals surface area contributed by atoms with Gasteiger partial charge >= 0.3 is 0 Å². The van der Waals surface area contributed by atoms with Crippen LogP contribution in [-0.4, -0.2) is 12.4 Å². The molecule has 0 N–H and O–H groups in total. The molecule has 0 atom stereocenters. The lowest BCUT2D eigenvalue weighted by molar-refractivity contribution is 0.108. The Labute approximate surface area is 90.0 Å². The van der Waals surface area contributed by atoms with E-state index in [0.717, 1.165) is 10.0 Å². The lowest BCUT2D eigenvalue weighted by Gasteiger charge is -2.06. The van der Waals surface area contributed by atoms with E-state index >= 15 is 0 Å². The lowest BCUT2D eigenvalue weighted by atomic mass is 10.1. The highest BCUT2D eigenvalue weighted by Crippen LogP contribution is 2.27. The predicted molar refractivity (Wildman–Crippen MR) is 55.6 cm³/mol. The fourth-order valence-corrected chi connectivity index (χ4v) is 1.61. The minimum atomic E-state index is -0.475. The molecule has 1 aromatic rings. The Balaban J connectivity index is 3.33. The number of benzene rings is 1. The van der Waals surface area contributed by atoms with Gasteiger partial charge in [0, 0.05) is 10.0 Å². The second kappa shape index (κ2) is 4.11. The normalized spacial score (nSPS) is 9.85. The van der Waals surface area contributed by atoms with Crippen LogP contribution in [-0.2, 0) is 0 Å². The minimum absolute atomic E-state index is 0.466. The van der Waals surface area contributed by atoms with Gasteiger partial charge in [0.1, 0.15) is 5.75 Å². The Morgan fingerprint density at radius 2 is 2.15 bits per heavy atom. The summed E-state index contributed by atoms with van der Waals surface area (Å²) >= 11 is 8.71. The van der Waals surface area contributed by atoms with Gasteiger partial charge in [-0.2, -0.15) is 0 Å². The number of hydrogen-bond donors (Lipinski definition) is 0. The summed E-state index contributed by atoms with van der Waals surface area (Å²) in [7, 11) is 1.54. The molecular formula is C9H8BrClO2. The molecule has 0 amide bonds. The number of ether oxygens (including phenoxy) is 1. The van der Waals surface area contributed by atoms with Gasteiger partial charge in [0.25, 0.3) is 5.24 Å². The second-order valence-electron chi connectivity index (χ2n) is 2.56. The zero-order chi connectivity index (χ0) is 10.0. The number of hydrogen-bond acceptors (Lipinski definition) is 2. The van der Waals surface area contributed by atoms with Gasteiger partial charge in [0.2, 0.25) is 0 Å². The van der Waals surface area contributed by atoms with E-state index in [1.165, 1.54) is 0 Å². The second-order valence-corrected chi connectivity index (χ2v) is 3.75. The molecule has 2 nitrogen and oxygen atoms in total. The first-order valence-electron chi connectivity index (χ1n) is 3.60. The number of halogens is 2. The number of carbonyl (C=O) groups is 1. The van der Waals surface area contributed by atoms with E-state index in [-0.39, 0.29) is 0 Å². The van der Waals surface area contributed by atoms with Crippen LogP contribution in [0.5, 0.6) is 5.75 Å². The number of rotatable bonds is 2. The molecule has 0 bridgehead atoms. The van der Waals surface area contributed by atoms with Crippen molar-refractivity contribution < 1.29 is 9.53 Å². The van der Waals surface area contributed by atoms with Crippen LogP contribution in [0.2, 0.25) is 0 Å². The van der Waals surface area contributed by atoms with Crippen molar-refractivity contribution in [2.24, 2.45) is 0 Å². The van der Waals surface area contributed by atoms with Crippen LogP contribution in [0.1, 0.15) is 15.9 Å². The van der Waals surface area contributed by atoms with E-state index in [4.69, 9.17) is 16.3 Å². The molecule has 0 aliphatic carbocycles. The molecule has 0 fully saturated rings. The maximum absolute atomic E-state index is 11.0. The Morgan fingerprint density at radius 3 is 2.62 bits per heavy atom. The smallest absolute Gasteiger partial charge is 0.252 e. The molecule has 0 aliphatic heterocycles. The number of methoxy groups -OCH3 is 1. The summed E-state index contributed by atoms with van der Waals surface area (Å²) in [6, 6.07) is 3.41. The summed E-state index contributed by atoms with van der Waals surface area (Å²) in [5, 5.41) is -0.475. The maximum Gasteiger partial charge on any atom is 0.252 e. The number of carbonyl (C=O) groups excluding carboxylic acids is 1. The largest absolute Gasteiger partial charge is 0.497 e. The average Bonchev–Trinajstić information content (AvgIpc) is 2.09. The molecule has 0 aliphatic rings. The first-order chi connectivity index (χ1) is 6.06.